The van der Waals surface area contributed by atoms with Crippen LogP contribution in [0.5, 0.6) is 5.75 Å². The summed E-state index contributed by atoms with van der Waals surface area (Å²) < 4.78 is 32.6. The Morgan fingerprint density at radius 3 is 2.76 bits per heavy atom. The zero-order valence-electron chi connectivity index (χ0n) is 16.7. The molecule has 8 heteroatoms. The van der Waals surface area contributed by atoms with Gasteiger partial charge in [-0.05, 0) is 61.7 Å². The zero-order chi connectivity index (χ0) is 20.7. The third-order valence-electron chi connectivity index (χ3n) is 5.02. The Kier molecular flexibility index (Phi) is 7.69. The van der Waals surface area contributed by atoms with Gasteiger partial charge in [-0.1, -0.05) is 18.2 Å². The molecule has 1 atom stereocenters. The second-order valence-corrected chi connectivity index (χ2v) is 10.2. The Bertz CT molecular complexity index is 880. The van der Waals surface area contributed by atoms with Crippen molar-refractivity contribution in [1.82, 2.24) is 9.62 Å². The Hall–Kier alpha value is -1.90. The van der Waals surface area contributed by atoms with Gasteiger partial charge in [0.25, 0.3) is 10.0 Å². The summed E-state index contributed by atoms with van der Waals surface area (Å²) in [5.41, 5.74) is 1.20. The van der Waals surface area contributed by atoms with E-state index in [2.05, 4.69) is 5.32 Å². The Morgan fingerprint density at radius 2 is 2.07 bits per heavy atom. The number of ether oxygens (including phenoxy) is 1. The van der Waals surface area contributed by atoms with E-state index < -0.39 is 10.0 Å². The van der Waals surface area contributed by atoms with Gasteiger partial charge in [-0.2, -0.15) is 4.31 Å². The maximum atomic E-state index is 12.7. The van der Waals surface area contributed by atoms with Gasteiger partial charge in [0.2, 0.25) is 5.91 Å². The van der Waals surface area contributed by atoms with Gasteiger partial charge in [-0.3, -0.25) is 4.79 Å². The molecule has 6 nitrogen and oxygen atoms in total. The summed E-state index contributed by atoms with van der Waals surface area (Å²) in [5, 5.41) is 4.73. The van der Waals surface area contributed by atoms with E-state index in [0.29, 0.717) is 30.3 Å². The van der Waals surface area contributed by atoms with Gasteiger partial charge < -0.3 is 10.1 Å². The molecule has 0 unspecified atom stereocenters. The molecule has 1 N–H and O–H groups in total. The molecule has 3 rings (SSSR count). The fourth-order valence-corrected chi connectivity index (χ4v) is 6.15. The minimum absolute atomic E-state index is 0.0530. The summed E-state index contributed by atoms with van der Waals surface area (Å²) in [7, 11) is -3.49. The minimum atomic E-state index is -3.49. The average molecular weight is 437 g/mol. The number of nitrogens with zero attached hydrogens (tertiary/aromatic N) is 1. The highest BCUT2D eigenvalue weighted by Gasteiger charge is 2.33. The summed E-state index contributed by atoms with van der Waals surface area (Å²) in [6.45, 7) is 3.92. The highest BCUT2D eigenvalue weighted by molar-refractivity contribution is 7.91. The number of carbonyl (C=O) groups excluding carboxylic acids is 1. The first-order valence-corrected chi connectivity index (χ1v) is 12.4. The Labute approximate surface area is 176 Å². The molecule has 1 fully saturated rings. The molecule has 1 aliphatic rings. The van der Waals surface area contributed by atoms with Crippen LogP contribution in [0.2, 0.25) is 0 Å². The molecule has 1 amide bonds. The number of rotatable bonds is 9. The summed E-state index contributed by atoms with van der Waals surface area (Å²) >= 11 is 1.21. The van der Waals surface area contributed by atoms with Crippen LogP contribution in [-0.2, 0) is 21.2 Å². The van der Waals surface area contributed by atoms with E-state index in [9.17, 15) is 13.2 Å². The molecular formula is C21H28N2O4S2. The lowest BCUT2D eigenvalue weighted by Gasteiger charge is -2.30. The smallest absolute Gasteiger partial charge is 0.252 e. The van der Waals surface area contributed by atoms with Crippen LogP contribution in [0.3, 0.4) is 0 Å². The third kappa shape index (κ3) is 5.81. The summed E-state index contributed by atoms with van der Waals surface area (Å²) in [5.74, 6) is 0.524. The first-order valence-electron chi connectivity index (χ1n) is 10.0. The van der Waals surface area contributed by atoms with Crippen molar-refractivity contribution in [2.45, 2.75) is 36.8 Å². The second-order valence-electron chi connectivity index (χ2n) is 7.11. The predicted molar refractivity (Wildman–Crippen MR) is 115 cm³/mol. The van der Waals surface area contributed by atoms with E-state index in [1.165, 1.54) is 21.2 Å². The van der Waals surface area contributed by atoms with Gasteiger partial charge in [-0.15, -0.1) is 11.3 Å². The second kappa shape index (κ2) is 10.2. The predicted octanol–water partition coefficient (Wildman–Crippen LogP) is 3.30. The first kappa shape index (κ1) is 21.8. The van der Waals surface area contributed by atoms with Crippen LogP contribution >= 0.6 is 11.3 Å². The summed E-state index contributed by atoms with van der Waals surface area (Å²) in [4.78, 5) is 12.5. The van der Waals surface area contributed by atoms with Crippen LogP contribution in [0.1, 0.15) is 31.7 Å². The van der Waals surface area contributed by atoms with Crippen LogP contribution in [0.25, 0.3) is 0 Å². The van der Waals surface area contributed by atoms with Crippen molar-refractivity contribution in [2.75, 3.05) is 26.2 Å². The number of benzene rings is 1. The number of thiophene rings is 1. The van der Waals surface area contributed by atoms with Crippen molar-refractivity contribution in [3.05, 3.63) is 47.3 Å². The Morgan fingerprint density at radius 1 is 1.28 bits per heavy atom. The van der Waals surface area contributed by atoms with Crippen molar-refractivity contribution < 1.29 is 17.9 Å². The molecule has 1 aliphatic heterocycles. The molecule has 1 aromatic heterocycles. The third-order valence-corrected chi connectivity index (χ3v) is 8.26. The van der Waals surface area contributed by atoms with Gasteiger partial charge >= 0.3 is 0 Å². The molecule has 1 saturated heterocycles. The van der Waals surface area contributed by atoms with Crippen LogP contribution in [-0.4, -0.2) is 44.9 Å². The highest BCUT2D eigenvalue weighted by atomic mass is 32.2. The zero-order valence-corrected chi connectivity index (χ0v) is 18.3. The molecule has 0 spiro atoms. The standard InChI is InChI=1S/C21H28N2O4S2/c1-2-27-19-11-9-17(10-12-19)6-3-13-22-21(24)18-7-4-14-23(16-18)29(25,26)20-8-5-15-28-20/h5,8-12,15,18H,2-4,6-7,13-14,16H2,1H3,(H,22,24)/t18-/m1/s1. The van der Waals surface area contributed by atoms with Crippen molar-refractivity contribution >= 4 is 27.3 Å². The van der Waals surface area contributed by atoms with E-state index in [4.69, 9.17) is 4.74 Å². The minimum Gasteiger partial charge on any atom is -0.494 e. The largest absolute Gasteiger partial charge is 0.494 e. The first-order chi connectivity index (χ1) is 14.0. The van der Waals surface area contributed by atoms with Gasteiger partial charge in [0, 0.05) is 19.6 Å². The number of aryl methyl sites for hydroxylation is 1. The fourth-order valence-electron chi connectivity index (χ4n) is 3.48. The number of nitrogens with one attached hydrogen (secondary N) is 1. The summed E-state index contributed by atoms with van der Waals surface area (Å²) in [6.07, 6.45) is 3.13. The topological polar surface area (TPSA) is 75.7 Å². The van der Waals surface area contributed by atoms with Gasteiger partial charge in [-0.25, -0.2) is 8.42 Å². The van der Waals surface area contributed by atoms with Gasteiger partial charge in [0.15, 0.2) is 0 Å². The number of amides is 1. The van der Waals surface area contributed by atoms with E-state index in [1.807, 2.05) is 31.2 Å². The van der Waals surface area contributed by atoms with Gasteiger partial charge in [0.05, 0.1) is 12.5 Å². The summed E-state index contributed by atoms with van der Waals surface area (Å²) in [6, 6.07) is 11.4. The number of hydrogen-bond donors (Lipinski definition) is 1. The molecule has 1 aromatic carbocycles. The lowest BCUT2D eigenvalue weighted by Crippen LogP contribution is -2.45. The number of hydrogen-bond acceptors (Lipinski definition) is 5. The van der Waals surface area contributed by atoms with Crippen molar-refractivity contribution in [2.24, 2.45) is 5.92 Å². The van der Waals surface area contributed by atoms with E-state index >= 15 is 0 Å². The normalized spacial score (nSPS) is 17.8. The molecule has 2 heterocycles. The maximum Gasteiger partial charge on any atom is 0.252 e. The number of sulfonamides is 1. The SMILES string of the molecule is CCOc1ccc(CCCNC(=O)[C@@H]2CCCN(S(=O)(=O)c3cccs3)C2)cc1. The van der Waals surface area contributed by atoms with E-state index in [-0.39, 0.29) is 18.4 Å². The molecule has 0 bridgehead atoms. The lowest BCUT2D eigenvalue weighted by atomic mass is 9.99. The molecular weight excluding hydrogens is 408 g/mol. The molecule has 29 heavy (non-hydrogen) atoms. The van der Waals surface area contributed by atoms with Crippen LogP contribution in [0.15, 0.2) is 46.0 Å². The van der Waals surface area contributed by atoms with Crippen molar-refractivity contribution in [3.8, 4) is 5.75 Å². The molecule has 158 valence electrons. The number of carbonyl (C=O) groups is 1. The van der Waals surface area contributed by atoms with Crippen LogP contribution in [0.4, 0.5) is 0 Å². The van der Waals surface area contributed by atoms with E-state index in [0.717, 1.165) is 25.0 Å². The van der Waals surface area contributed by atoms with Crippen LogP contribution < -0.4 is 10.1 Å². The maximum absolute atomic E-state index is 12.7. The van der Waals surface area contributed by atoms with Crippen LogP contribution in [0, 0.1) is 5.92 Å². The fraction of sp³-hybridized carbons (Fsp3) is 0.476. The van der Waals surface area contributed by atoms with Gasteiger partial charge in [0.1, 0.15) is 9.96 Å². The lowest BCUT2D eigenvalue weighted by molar-refractivity contribution is -0.126. The molecule has 2 aromatic rings. The van der Waals surface area contributed by atoms with Crippen molar-refractivity contribution in [1.29, 1.82) is 0 Å². The molecule has 0 radical (unpaired) electrons. The average Bonchev–Trinajstić information content (AvgIpc) is 3.28. The quantitative estimate of drug-likeness (QED) is 0.612. The number of piperidine rings is 1. The highest BCUT2D eigenvalue weighted by Crippen LogP contribution is 2.26. The Balaban J connectivity index is 1.44. The van der Waals surface area contributed by atoms with E-state index in [1.54, 1.807) is 17.5 Å². The molecule has 0 saturated carbocycles. The van der Waals surface area contributed by atoms with Crippen molar-refractivity contribution in [3.63, 3.8) is 0 Å². The molecule has 0 aliphatic carbocycles. The monoisotopic (exact) mass is 436 g/mol.